The lowest BCUT2D eigenvalue weighted by Gasteiger charge is -2.52. The predicted molar refractivity (Wildman–Crippen MR) is 69.4 cm³/mol. The Morgan fingerprint density at radius 1 is 1.38 bits per heavy atom. The van der Waals surface area contributed by atoms with Gasteiger partial charge in [-0.15, -0.1) is 0 Å². The molecule has 0 aromatic rings. The maximum Gasteiger partial charge on any atom is 0.0359 e. The van der Waals surface area contributed by atoms with Crippen molar-refractivity contribution in [3.05, 3.63) is 0 Å². The second kappa shape index (κ2) is 3.99. The van der Waals surface area contributed by atoms with E-state index in [1.807, 2.05) is 0 Å². The van der Waals surface area contributed by atoms with E-state index in [9.17, 15) is 0 Å². The van der Waals surface area contributed by atoms with Gasteiger partial charge in [-0.3, -0.25) is 4.90 Å². The Morgan fingerprint density at radius 2 is 2.00 bits per heavy atom. The van der Waals surface area contributed by atoms with E-state index in [-0.39, 0.29) is 5.54 Å². The van der Waals surface area contributed by atoms with Crippen LogP contribution in [0, 0.1) is 11.3 Å². The Hall–Kier alpha value is -0.0800. The lowest BCUT2D eigenvalue weighted by Crippen LogP contribution is -2.62. The average molecular weight is 224 g/mol. The number of likely N-dealkylation sites (tertiary alicyclic amines) is 1. The van der Waals surface area contributed by atoms with E-state index in [1.54, 1.807) is 0 Å². The summed E-state index contributed by atoms with van der Waals surface area (Å²) in [7, 11) is 0. The van der Waals surface area contributed by atoms with Crippen LogP contribution < -0.4 is 5.73 Å². The normalized spacial score (nSPS) is 38.1. The van der Waals surface area contributed by atoms with Crippen LogP contribution in [0.2, 0.25) is 0 Å². The molecule has 1 saturated carbocycles. The molecule has 2 nitrogen and oxygen atoms in total. The average Bonchev–Trinajstić information content (AvgIpc) is 3.01. The summed E-state index contributed by atoms with van der Waals surface area (Å²) in [6, 6.07) is 0.694. The van der Waals surface area contributed by atoms with Crippen molar-refractivity contribution in [1.82, 2.24) is 4.90 Å². The van der Waals surface area contributed by atoms with Gasteiger partial charge in [0.15, 0.2) is 0 Å². The van der Waals surface area contributed by atoms with Crippen molar-refractivity contribution in [1.29, 1.82) is 0 Å². The molecule has 0 bridgehead atoms. The molecule has 0 radical (unpaired) electrons. The van der Waals surface area contributed by atoms with Gasteiger partial charge in [0.2, 0.25) is 0 Å². The number of nitrogens with two attached hydrogens (primary N) is 1. The fourth-order valence-corrected chi connectivity index (χ4v) is 3.47. The fraction of sp³-hybridized carbons (Fsp3) is 1.00. The number of piperidine rings is 1. The lowest BCUT2D eigenvalue weighted by atomic mass is 9.78. The highest BCUT2D eigenvalue weighted by Crippen LogP contribution is 2.56. The van der Waals surface area contributed by atoms with Crippen molar-refractivity contribution >= 4 is 0 Å². The molecule has 3 unspecified atom stereocenters. The first-order valence-electron chi connectivity index (χ1n) is 6.91. The number of hydrogen-bond donors (Lipinski definition) is 1. The second-order valence-electron chi connectivity index (χ2n) is 6.59. The maximum atomic E-state index is 6.13. The first-order valence-corrected chi connectivity index (χ1v) is 6.91. The standard InChI is InChI=1S/C14H28N2/c1-11-6-5-9-16(12(11)2)14(4,10-15)13(3)7-8-13/h11-12H,5-10,15H2,1-4H3. The van der Waals surface area contributed by atoms with E-state index in [1.165, 1.54) is 32.2 Å². The van der Waals surface area contributed by atoms with Gasteiger partial charge in [-0.1, -0.05) is 13.8 Å². The summed E-state index contributed by atoms with van der Waals surface area (Å²) in [5, 5.41) is 0. The highest BCUT2D eigenvalue weighted by atomic mass is 15.3. The zero-order valence-corrected chi connectivity index (χ0v) is 11.4. The van der Waals surface area contributed by atoms with E-state index >= 15 is 0 Å². The maximum absolute atomic E-state index is 6.13. The van der Waals surface area contributed by atoms with Crippen LogP contribution in [0.3, 0.4) is 0 Å². The zero-order chi connectivity index (χ0) is 12.0. The Morgan fingerprint density at radius 3 is 2.50 bits per heavy atom. The number of hydrogen-bond acceptors (Lipinski definition) is 2. The van der Waals surface area contributed by atoms with Gasteiger partial charge < -0.3 is 5.73 Å². The predicted octanol–water partition coefficient (Wildman–Crippen LogP) is 2.62. The summed E-state index contributed by atoms with van der Waals surface area (Å²) in [6.07, 6.45) is 5.45. The van der Waals surface area contributed by atoms with E-state index < -0.39 is 0 Å². The Labute approximate surface area is 101 Å². The third-order valence-electron chi connectivity index (χ3n) is 5.71. The van der Waals surface area contributed by atoms with Gasteiger partial charge >= 0.3 is 0 Å². The molecule has 0 spiro atoms. The largest absolute Gasteiger partial charge is 0.329 e. The minimum absolute atomic E-state index is 0.223. The van der Waals surface area contributed by atoms with Crippen molar-refractivity contribution in [2.24, 2.45) is 17.1 Å². The molecule has 2 aliphatic rings. The Kier molecular flexibility index (Phi) is 3.09. The van der Waals surface area contributed by atoms with Crippen LogP contribution in [0.25, 0.3) is 0 Å². The zero-order valence-electron chi connectivity index (χ0n) is 11.4. The summed E-state index contributed by atoms with van der Waals surface area (Å²) < 4.78 is 0. The summed E-state index contributed by atoms with van der Waals surface area (Å²) in [5.74, 6) is 0.821. The molecule has 94 valence electrons. The van der Waals surface area contributed by atoms with Gasteiger partial charge in [-0.25, -0.2) is 0 Å². The molecular formula is C14H28N2. The van der Waals surface area contributed by atoms with Crippen LogP contribution in [0.1, 0.15) is 53.4 Å². The van der Waals surface area contributed by atoms with Crippen molar-refractivity contribution in [2.75, 3.05) is 13.1 Å². The SMILES string of the molecule is CC1CCCN(C(C)(CN)C2(C)CC2)C1C. The topological polar surface area (TPSA) is 29.3 Å². The number of rotatable bonds is 3. The Balaban J connectivity index is 2.20. The summed E-state index contributed by atoms with van der Waals surface area (Å²) >= 11 is 0. The molecule has 1 aliphatic heterocycles. The molecule has 2 heteroatoms. The molecule has 2 rings (SSSR count). The monoisotopic (exact) mass is 224 g/mol. The van der Waals surface area contributed by atoms with Gasteiger partial charge in [0, 0.05) is 18.1 Å². The molecule has 3 atom stereocenters. The molecule has 1 heterocycles. The summed E-state index contributed by atoms with van der Waals surface area (Å²) in [5.41, 5.74) is 6.83. The van der Waals surface area contributed by atoms with Crippen molar-refractivity contribution in [2.45, 2.75) is 65.0 Å². The Bertz CT molecular complexity index is 259. The van der Waals surface area contributed by atoms with Gasteiger partial charge in [0.25, 0.3) is 0 Å². The highest BCUT2D eigenvalue weighted by molar-refractivity contribution is 5.11. The van der Waals surface area contributed by atoms with Crippen molar-refractivity contribution in [3.63, 3.8) is 0 Å². The van der Waals surface area contributed by atoms with Crippen LogP contribution in [-0.4, -0.2) is 29.6 Å². The van der Waals surface area contributed by atoms with Gasteiger partial charge in [0.1, 0.15) is 0 Å². The van der Waals surface area contributed by atoms with Crippen LogP contribution in [0.4, 0.5) is 0 Å². The first kappa shape index (κ1) is 12.4. The molecule has 2 N–H and O–H groups in total. The van der Waals surface area contributed by atoms with Gasteiger partial charge in [-0.2, -0.15) is 0 Å². The van der Waals surface area contributed by atoms with Crippen molar-refractivity contribution in [3.8, 4) is 0 Å². The van der Waals surface area contributed by atoms with E-state index in [2.05, 4.69) is 32.6 Å². The van der Waals surface area contributed by atoms with E-state index in [0.29, 0.717) is 11.5 Å². The van der Waals surface area contributed by atoms with Crippen molar-refractivity contribution < 1.29 is 0 Å². The molecule has 1 aliphatic carbocycles. The quantitative estimate of drug-likeness (QED) is 0.798. The molecule has 2 fully saturated rings. The molecule has 1 saturated heterocycles. The van der Waals surface area contributed by atoms with Gasteiger partial charge in [-0.05, 0) is 57.4 Å². The summed E-state index contributed by atoms with van der Waals surface area (Å²) in [4.78, 5) is 2.72. The van der Waals surface area contributed by atoms with Gasteiger partial charge in [0.05, 0.1) is 0 Å². The smallest absolute Gasteiger partial charge is 0.0359 e. The van der Waals surface area contributed by atoms with Crippen LogP contribution in [0.15, 0.2) is 0 Å². The van der Waals surface area contributed by atoms with E-state index in [0.717, 1.165) is 12.5 Å². The molecule has 0 amide bonds. The van der Waals surface area contributed by atoms with Crippen LogP contribution in [0.5, 0.6) is 0 Å². The summed E-state index contributed by atoms with van der Waals surface area (Å²) in [6.45, 7) is 11.7. The minimum atomic E-state index is 0.223. The van der Waals surface area contributed by atoms with Crippen LogP contribution >= 0.6 is 0 Å². The minimum Gasteiger partial charge on any atom is -0.329 e. The highest BCUT2D eigenvalue weighted by Gasteiger charge is 2.56. The molecule has 0 aromatic heterocycles. The second-order valence-corrected chi connectivity index (χ2v) is 6.59. The molecule has 16 heavy (non-hydrogen) atoms. The molecule has 0 aromatic carbocycles. The molecular weight excluding hydrogens is 196 g/mol. The van der Waals surface area contributed by atoms with Crippen LogP contribution in [-0.2, 0) is 0 Å². The third kappa shape index (κ3) is 1.70. The third-order valence-corrected chi connectivity index (χ3v) is 5.71. The number of nitrogens with zero attached hydrogens (tertiary/aromatic N) is 1. The fourth-order valence-electron chi connectivity index (χ4n) is 3.47. The first-order chi connectivity index (χ1) is 7.44. The lowest BCUT2D eigenvalue weighted by molar-refractivity contribution is -0.0246. The van der Waals surface area contributed by atoms with E-state index in [4.69, 9.17) is 5.73 Å².